The Morgan fingerprint density at radius 1 is 1.38 bits per heavy atom. The van der Waals surface area contributed by atoms with E-state index in [1.807, 2.05) is 24.3 Å². The van der Waals surface area contributed by atoms with Crippen molar-refractivity contribution in [2.24, 2.45) is 5.73 Å². The Morgan fingerprint density at radius 2 is 2.08 bits per heavy atom. The van der Waals surface area contributed by atoms with Gasteiger partial charge < -0.3 is 10.5 Å². The average Bonchev–Trinajstić information content (AvgIpc) is 2.18. The van der Waals surface area contributed by atoms with Gasteiger partial charge in [0.05, 0.1) is 6.10 Å². The van der Waals surface area contributed by atoms with Gasteiger partial charge in [-0.2, -0.15) is 0 Å². The Balaban J connectivity index is 2.74. The van der Waals surface area contributed by atoms with E-state index in [2.05, 4.69) is 13.8 Å². The summed E-state index contributed by atoms with van der Waals surface area (Å²) in [5.74, 6) is 0.916. The van der Waals surface area contributed by atoms with Crippen molar-refractivity contribution < 1.29 is 4.74 Å². The van der Waals surface area contributed by atoms with E-state index in [1.54, 1.807) is 0 Å². The summed E-state index contributed by atoms with van der Waals surface area (Å²) in [6.07, 6.45) is 1.27. The molecular formula is C11H17NO. The lowest BCUT2D eigenvalue weighted by Crippen LogP contribution is -2.12. The van der Waals surface area contributed by atoms with Crippen LogP contribution in [0.2, 0.25) is 0 Å². The van der Waals surface area contributed by atoms with Crippen LogP contribution in [0.15, 0.2) is 24.3 Å². The van der Waals surface area contributed by atoms with Crippen LogP contribution in [0.1, 0.15) is 25.8 Å². The van der Waals surface area contributed by atoms with Gasteiger partial charge in [-0.15, -0.1) is 0 Å². The molecule has 1 unspecified atom stereocenters. The van der Waals surface area contributed by atoms with E-state index in [1.165, 1.54) is 0 Å². The third kappa shape index (κ3) is 2.74. The minimum absolute atomic E-state index is 0.257. The molecule has 0 aromatic heterocycles. The molecular weight excluding hydrogens is 162 g/mol. The number of hydrogen-bond donors (Lipinski definition) is 1. The average molecular weight is 179 g/mol. The van der Waals surface area contributed by atoms with Crippen molar-refractivity contribution in [3.63, 3.8) is 0 Å². The zero-order valence-electron chi connectivity index (χ0n) is 8.29. The third-order valence-corrected chi connectivity index (χ3v) is 2.10. The molecule has 1 rings (SSSR count). The molecule has 0 amide bonds. The topological polar surface area (TPSA) is 35.2 Å². The van der Waals surface area contributed by atoms with Crippen molar-refractivity contribution in [3.8, 4) is 5.75 Å². The second-order valence-electron chi connectivity index (χ2n) is 3.15. The summed E-state index contributed by atoms with van der Waals surface area (Å²) in [5, 5.41) is 0. The first kappa shape index (κ1) is 10.1. The maximum atomic E-state index is 5.71. The van der Waals surface area contributed by atoms with Crippen molar-refractivity contribution in [1.82, 2.24) is 0 Å². The van der Waals surface area contributed by atoms with Gasteiger partial charge in [-0.1, -0.05) is 25.1 Å². The van der Waals surface area contributed by atoms with Gasteiger partial charge >= 0.3 is 0 Å². The molecule has 2 N–H and O–H groups in total. The molecule has 0 radical (unpaired) electrons. The molecule has 2 nitrogen and oxygen atoms in total. The fourth-order valence-corrected chi connectivity index (χ4v) is 1.09. The van der Waals surface area contributed by atoms with Crippen LogP contribution in [0.25, 0.3) is 0 Å². The molecule has 72 valence electrons. The number of benzene rings is 1. The molecule has 1 atom stereocenters. The summed E-state index contributed by atoms with van der Waals surface area (Å²) < 4.78 is 5.71. The lowest BCUT2D eigenvalue weighted by molar-refractivity contribution is 0.215. The summed E-state index contributed by atoms with van der Waals surface area (Å²) in [5.41, 5.74) is 6.66. The molecule has 1 aromatic carbocycles. The van der Waals surface area contributed by atoms with E-state index >= 15 is 0 Å². The van der Waals surface area contributed by atoms with Gasteiger partial charge in [0.2, 0.25) is 0 Å². The molecule has 0 bridgehead atoms. The number of ether oxygens (including phenoxy) is 1. The Morgan fingerprint density at radius 3 is 2.69 bits per heavy atom. The zero-order valence-corrected chi connectivity index (χ0v) is 8.29. The Kier molecular flexibility index (Phi) is 3.77. The first-order valence-electron chi connectivity index (χ1n) is 4.72. The van der Waals surface area contributed by atoms with Gasteiger partial charge in [0, 0.05) is 12.1 Å². The van der Waals surface area contributed by atoms with Crippen molar-refractivity contribution in [3.05, 3.63) is 29.8 Å². The Bertz CT molecular complexity index is 260. The van der Waals surface area contributed by atoms with Gasteiger partial charge in [-0.25, -0.2) is 0 Å². The van der Waals surface area contributed by atoms with E-state index in [-0.39, 0.29) is 6.10 Å². The van der Waals surface area contributed by atoms with E-state index in [9.17, 15) is 0 Å². The van der Waals surface area contributed by atoms with Gasteiger partial charge in [-0.3, -0.25) is 0 Å². The smallest absolute Gasteiger partial charge is 0.124 e. The number of para-hydroxylation sites is 1. The van der Waals surface area contributed by atoms with Crippen LogP contribution >= 0.6 is 0 Å². The summed E-state index contributed by atoms with van der Waals surface area (Å²) in [6.45, 7) is 4.70. The normalized spacial score (nSPS) is 12.5. The molecule has 0 saturated carbocycles. The van der Waals surface area contributed by atoms with E-state index < -0.39 is 0 Å². The maximum Gasteiger partial charge on any atom is 0.124 e. The number of hydrogen-bond acceptors (Lipinski definition) is 2. The van der Waals surface area contributed by atoms with Crippen LogP contribution in [0.3, 0.4) is 0 Å². The molecule has 0 aliphatic heterocycles. The lowest BCUT2D eigenvalue weighted by Gasteiger charge is -2.15. The lowest BCUT2D eigenvalue weighted by atomic mass is 10.2. The molecule has 0 fully saturated rings. The SMILES string of the molecule is CCC(C)Oc1ccccc1CN. The monoisotopic (exact) mass is 179 g/mol. The van der Waals surface area contributed by atoms with Crippen molar-refractivity contribution in [2.45, 2.75) is 32.9 Å². The van der Waals surface area contributed by atoms with Crippen LogP contribution in [0.4, 0.5) is 0 Å². The highest BCUT2D eigenvalue weighted by Gasteiger charge is 2.04. The molecule has 0 aliphatic rings. The minimum atomic E-state index is 0.257. The molecule has 0 saturated heterocycles. The van der Waals surface area contributed by atoms with Gasteiger partial charge in [-0.05, 0) is 19.4 Å². The Labute approximate surface area is 79.7 Å². The van der Waals surface area contributed by atoms with Gasteiger partial charge in [0.25, 0.3) is 0 Å². The quantitative estimate of drug-likeness (QED) is 0.769. The van der Waals surface area contributed by atoms with Crippen LogP contribution in [-0.4, -0.2) is 6.10 Å². The fourth-order valence-electron chi connectivity index (χ4n) is 1.09. The highest BCUT2D eigenvalue weighted by Crippen LogP contribution is 2.19. The molecule has 2 heteroatoms. The van der Waals surface area contributed by atoms with E-state index in [0.717, 1.165) is 17.7 Å². The molecule has 0 heterocycles. The first-order chi connectivity index (χ1) is 6.27. The van der Waals surface area contributed by atoms with Crippen molar-refractivity contribution in [1.29, 1.82) is 0 Å². The summed E-state index contributed by atoms with van der Waals surface area (Å²) in [4.78, 5) is 0. The van der Waals surface area contributed by atoms with Crippen LogP contribution in [0, 0.1) is 0 Å². The summed E-state index contributed by atoms with van der Waals surface area (Å²) >= 11 is 0. The summed E-state index contributed by atoms with van der Waals surface area (Å²) in [6, 6.07) is 7.91. The second kappa shape index (κ2) is 4.87. The fraction of sp³-hybridized carbons (Fsp3) is 0.455. The van der Waals surface area contributed by atoms with Crippen LogP contribution < -0.4 is 10.5 Å². The third-order valence-electron chi connectivity index (χ3n) is 2.10. The van der Waals surface area contributed by atoms with E-state index in [4.69, 9.17) is 10.5 Å². The maximum absolute atomic E-state index is 5.71. The van der Waals surface area contributed by atoms with Crippen molar-refractivity contribution >= 4 is 0 Å². The van der Waals surface area contributed by atoms with E-state index in [0.29, 0.717) is 6.54 Å². The zero-order chi connectivity index (χ0) is 9.68. The minimum Gasteiger partial charge on any atom is -0.490 e. The summed E-state index contributed by atoms with van der Waals surface area (Å²) in [7, 11) is 0. The molecule has 0 aliphatic carbocycles. The van der Waals surface area contributed by atoms with Crippen LogP contribution in [0.5, 0.6) is 5.75 Å². The molecule has 13 heavy (non-hydrogen) atoms. The molecule has 0 spiro atoms. The standard InChI is InChI=1S/C11H17NO/c1-3-9(2)13-11-7-5-4-6-10(11)8-12/h4-7,9H,3,8,12H2,1-2H3. The molecule has 1 aromatic rings. The second-order valence-corrected chi connectivity index (χ2v) is 3.15. The van der Waals surface area contributed by atoms with Gasteiger partial charge in [0.15, 0.2) is 0 Å². The van der Waals surface area contributed by atoms with Gasteiger partial charge in [0.1, 0.15) is 5.75 Å². The Hall–Kier alpha value is -1.02. The highest BCUT2D eigenvalue weighted by atomic mass is 16.5. The van der Waals surface area contributed by atoms with Crippen molar-refractivity contribution in [2.75, 3.05) is 0 Å². The number of nitrogens with two attached hydrogens (primary N) is 1. The predicted molar refractivity (Wildman–Crippen MR) is 54.7 cm³/mol. The largest absolute Gasteiger partial charge is 0.490 e. The number of rotatable bonds is 4. The first-order valence-corrected chi connectivity index (χ1v) is 4.72. The predicted octanol–water partition coefficient (Wildman–Crippen LogP) is 2.32. The highest BCUT2D eigenvalue weighted by molar-refractivity contribution is 5.33. The van der Waals surface area contributed by atoms with Crippen LogP contribution in [-0.2, 0) is 6.54 Å².